The maximum atomic E-state index is 13.0. The fraction of sp³-hybridized carbons (Fsp3) is 0.0952. The number of H-pyrrole nitrogens is 1. The molecule has 146 valence electrons. The van der Waals surface area contributed by atoms with Crippen molar-refractivity contribution < 1.29 is 13.6 Å². The first-order valence-electron chi connectivity index (χ1n) is 8.83. The van der Waals surface area contributed by atoms with E-state index in [2.05, 4.69) is 10.3 Å². The number of aromatic amines is 1. The molecular formula is C21H16FN3O3S. The summed E-state index contributed by atoms with van der Waals surface area (Å²) in [7, 11) is 0. The highest BCUT2D eigenvalue weighted by molar-refractivity contribution is 7.71. The van der Waals surface area contributed by atoms with Crippen molar-refractivity contribution in [3.63, 3.8) is 0 Å². The number of carbonyl (C=O) groups is 1. The molecule has 4 rings (SSSR count). The van der Waals surface area contributed by atoms with Gasteiger partial charge in [-0.3, -0.25) is 14.2 Å². The van der Waals surface area contributed by atoms with Crippen LogP contribution < -0.4 is 10.9 Å². The van der Waals surface area contributed by atoms with E-state index in [1.165, 1.54) is 23.0 Å². The number of fused-ring (bicyclic) bond motifs is 1. The highest BCUT2D eigenvalue weighted by Gasteiger charge is 2.11. The number of hydrogen-bond donors (Lipinski definition) is 2. The smallest absolute Gasteiger partial charge is 0.262 e. The van der Waals surface area contributed by atoms with Gasteiger partial charge in [0.2, 0.25) is 0 Å². The van der Waals surface area contributed by atoms with Crippen LogP contribution in [0.4, 0.5) is 4.39 Å². The standard InChI is InChI=1S/C21H16FN3O3S/c22-15-6-3-13(4-7-15)11-23-19(26)14-5-8-17-18(10-14)24-21(29)25(20(17)27)12-16-2-1-9-28-16/h1-10H,11-12H2,(H,23,26)(H,24,29). The van der Waals surface area contributed by atoms with Gasteiger partial charge in [-0.15, -0.1) is 0 Å². The lowest BCUT2D eigenvalue weighted by atomic mass is 10.1. The van der Waals surface area contributed by atoms with Crippen LogP contribution in [0.25, 0.3) is 10.9 Å². The Hall–Kier alpha value is -3.52. The summed E-state index contributed by atoms with van der Waals surface area (Å²) in [6.45, 7) is 0.481. The summed E-state index contributed by atoms with van der Waals surface area (Å²) in [4.78, 5) is 28.3. The first kappa shape index (κ1) is 18.8. The van der Waals surface area contributed by atoms with Gasteiger partial charge in [0.05, 0.1) is 23.7 Å². The average Bonchev–Trinajstić information content (AvgIpc) is 3.23. The summed E-state index contributed by atoms with van der Waals surface area (Å²) in [6.07, 6.45) is 1.53. The summed E-state index contributed by atoms with van der Waals surface area (Å²) in [5.74, 6) is -0.0272. The van der Waals surface area contributed by atoms with Crippen LogP contribution in [0.2, 0.25) is 0 Å². The van der Waals surface area contributed by atoms with Gasteiger partial charge in [0.15, 0.2) is 4.77 Å². The van der Waals surface area contributed by atoms with Crippen LogP contribution in [-0.2, 0) is 13.1 Å². The van der Waals surface area contributed by atoms with E-state index in [1.54, 1.807) is 42.5 Å². The molecule has 0 unspecified atom stereocenters. The Balaban J connectivity index is 1.59. The molecule has 2 aromatic heterocycles. The van der Waals surface area contributed by atoms with Crippen molar-refractivity contribution in [1.29, 1.82) is 0 Å². The molecule has 2 aromatic carbocycles. The number of amides is 1. The van der Waals surface area contributed by atoms with Gasteiger partial charge in [-0.05, 0) is 60.2 Å². The highest BCUT2D eigenvalue weighted by Crippen LogP contribution is 2.12. The first-order valence-corrected chi connectivity index (χ1v) is 9.24. The Morgan fingerprint density at radius 3 is 2.69 bits per heavy atom. The molecule has 0 fully saturated rings. The van der Waals surface area contributed by atoms with E-state index < -0.39 is 0 Å². The van der Waals surface area contributed by atoms with Crippen molar-refractivity contribution >= 4 is 29.0 Å². The molecule has 0 saturated carbocycles. The minimum Gasteiger partial charge on any atom is -0.467 e. The predicted octanol–water partition coefficient (Wildman–Crippen LogP) is 3.77. The second-order valence-corrected chi connectivity index (χ2v) is 6.86. The number of furan rings is 1. The average molecular weight is 409 g/mol. The van der Waals surface area contributed by atoms with Crippen LogP contribution in [-0.4, -0.2) is 15.5 Å². The third kappa shape index (κ3) is 4.02. The van der Waals surface area contributed by atoms with Gasteiger partial charge in [-0.25, -0.2) is 4.39 Å². The van der Waals surface area contributed by atoms with Crippen LogP contribution in [0, 0.1) is 10.6 Å². The SMILES string of the molecule is O=C(NCc1ccc(F)cc1)c1ccc2c(=O)n(Cc3ccco3)c(=S)[nH]c2c1. The summed E-state index contributed by atoms with van der Waals surface area (Å²) in [5.41, 5.74) is 1.37. The summed E-state index contributed by atoms with van der Waals surface area (Å²) < 4.78 is 19.9. The third-order valence-corrected chi connectivity index (χ3v) is 4.83. The molecule has 1 amide bonds. The molecule has 0 bridgehead atoms. The lowest BCUT2D eigenvalue weighted by Gasteiger charge is -2.09. The van der Waals surface area contributed by atoms with Crippen molar-refractivity contribution in [1.82, 2.24) is 14.9 Å². The van der Waals surface area contributed by atoms with E-state index >= 15 is 0 Å². The minimum atomic E-state index is -0.331. The number of benzene rings is 2. The molecule has 0 spiro atoms. The fourth-order valence-electron chi connectivity index (χ4n) is 2.98. The Bertz CT molecular complexity index is 1290. The van der Waals surface area contributed by atoms with Crippen LogP contribution in [0.5, 0.6) is 0 Å². The zero-order valence-electron chi connectivity index (χ0n) is 15.1. The molecule has 0 aliphatic carbocycles. The molecule has 0 radical (unpaired) electrons. The van der Waals surface area contributed by atoms with Gasteiger partial charge in [0.25, 0.3) is 11.5 Å². The Morgan fingerprint density at radius 2 is 1.97 bits per heavy atom. The van der Waals surface area contributed by atoms with Gasteiger partial charge in [-0.1, -0.05) is 12.1 Å². The quantitative estimate of drug-likeness (QED) is 0.492. The predicted molar refractivity (Wildman–Crippen MR) is 109 cm³/mol. The van der Waals surface area contributed by atoms with E-state index in [9.17, 15) is 14.0 Å². The van der Waals surface area contributed by atoms with E-state index in [0.717, 1.165) is 5.56 Å². The highest BCUT2D eigenvalue weighted by atomic mass is 32.1. The topological polar surface area (TPSA) is 80.0 Å². The van der Waals surface area contributed by atoms with Gasteiger partial charge in [-0.2, -0.15) is 0 Å². The molecule has 6 nitrogen and oxygen atoms in total. The number of rotatable bonds is 5. The lowest BCUT2D eigenvalue weighted by Crippen LogP contribution is -2.24. The summed E-state index contributed by atoms with van der Waals surface area (Å²) in [5, 5.41) is 3.19. The monoisotopic (exact) mass is 409 g/mol. The van der Waals surface area contributed by atoms with Crippen LogP contribution in [0.1, 0.15) is 21.7 Å². The van der Waals surface area contributed by atoms with E-state index in [-0.39, 0.29) is 35.1 Å². The van der Waals surface area contributed by atoms with Crippen molar-refractivity contribution in [2.75, 3.05) is 0 Å². The molecule has 0 aliphatic heterocycles. The molecular weight excluding hydrogens is 393 g/mol. The fourth-order valence-corrected chi connectivity index (χ4v) is 3.24. The lowest BCUT2D eigenvalue weighted by molar-refractivity contribution is 0.0951. The van der Waals surface area contributed by atoms with Gasteiger partial charge >= 0.3 is 0 Å². The van der Waals surface area contributed by atoms with E-state index in [0.29, 0.717) is 22.2 Å². The van der Waals surface area contributed by atoms with Gasteiger partial charge < -0.3 is 14.7 Å². The van der Waals surface area contributed by atoms with E-state index in [4.69, 9.17) is 16.6 Å². The van der Waals surface area contributed by atoms with Gasteiger partial charge in [0, 0.05) is 12.1 Å². The molecule has 8 heteroatoms. The first-order chi connectivity index (χ1) is 14.0. The number of nitrogens with zero attached hydrogens (tertiary/aromatic N) is 1. The number of hydrogen-bond acceptors (Lipinski definition) is 4. The van der Waals surface area contributed by atoms with Gasteiger partial charge in [0.1, 0.15) is 11.6 Å². The van der Waals surface area contributed by atoms with E-state index in [1.807, 2.05) is 0 Å². The minimum absolute atomic E-state index is 0.219. The maximum absolute atomic E-state index is 13.0. The van der Waals surface area contributed by atoms with Crippen LogP contribution in [0.3, 0.4) is 0 Å². The van der Waals surface area contributed by atoms with Crippen LogP contribution in [0.15, 0.2) is 70.1 Å². The summed E-state index contributed by atoms with van der Waals surface area (Å²) >= 11 is 5.31. The Kier molecular flexibility index (Phi) is 5.09. The molecule has 4 aromatic rings. The molecule has 0 saturated heterocycles. The largest absolute Gasteiger partial charge is 0.467 e. The number of aromatic nitrogens is 2. The maximum Gasteiger partial charge on any atom is 0.262 e. The molecule has 0 atom stereocenters. The van der Waals surface area contributed by atoms with Crippen molar-refractivity contribution in [3.8, 4) is 0 Å². The molecule has 2 heterocycles. The summed E-state index contributed by atoms with van der Waals surface area (Å²) in [6, 6.07) is 14.2. The van der Waals surface area contributed by atoms with Crippen molar-refractivity contribution in [2.45, 2.75) is 13.1 Å². The number of carbonyl (C=O) groups excluding carboxylic acids is 1. The van der Waals surface area contributed by atoms with Crippen LogP contribution >= 0.6 is 12.2 Å². The number of halogens is 1. The Labute approximate surface area is 169 Å². The molecule has 2 N–H and O–H groups in total. The molecule has 29 heavy (non-hydrogen) atoms. The zero-order valence-corrected chi connectivity index (χ0v) is 16.0. The normalized spacial score (nSPS) is 10.9. The number of nitrogens with one attached hydrogen (secondary N) is 2. The Morgan fingerprint density at radius 1 is 1.17 bits per heavy atom. The second kappa shape index (κ2) is 7.84. The zero-order chi connectivity index (χ0) is 20.4. The third-order valence-electron chi connectivity index (χ3n) is 4.50. The van der Waals surface area contributed by atoms with Crippen molar-refractivity contribution in [2.24, 2.45) is 0 Å². The second-order valence-electron chi connectivity index (χ2n) is 6.47. The van der Waals surface area contributed by atoms with Crippen molar-refractivity contribution in [3.05, 3.63) is 98.7 Å². The molecule has 0 aliphatic rings.